The fourth-order valence-corrected chi connectivity index (χ4v) is 1.05. The zero-order chi connectivity index (χ0) is 11.1. The molecule has 0 saturated carbocycles. The van der Waals surface area contributed by atoms with E-state index in [1.807, 2.05) is 14.0 Å². The Morgan fingerprint density at radius 3 is 2.29 bits per heavy atom. The molecule has 0 aliphatic rings. The fourth-order valence-electron chi connectivity index (χ4n) is 1.05. The van der Waals surface area contributed by atoms with Gasteiger partial charge in [-0.1, -0.05) is 0 Å². The van der Waals surface area contributed by atoms with E-state index in [-0.39, 0.29) is 11.9 Å². The minimum atomic E-state index is 0.178. The number of nitrogens with two attached hydrogens (primary N) is 1. The van der Waals surface area contributed by atoms with Gasteiger partial charge < -0.3 is 15.5 Å². The summed E-state index contributed by atoms with van der Waals surface area (Å²) in [5.74, 6) is 0.178. The first-order chi connectivity index (χ1) is 6.43. The quantitative estimate of drug-likeness (QED) is 0.665. The number of hydrogen-bond donors (Lipinski definition) is 1. The zero-order valence-electron chi connectivity index (χ0n) is 9.79. The molecule has 2 N–H and O–H groups in total. The van der Waals surface area contributed by atoms with Crippen molar-refractivity contribution in [1.29, 1.82) is 0 Å². The van der Waals surface area contributed by atoms with Crippen molar-refractivity contribution in [2.45, 2.75) is 25.8 Å². The Bertz CT molecular complexity index is 169. The third kappa shape index (κ3) is 6.86. The Morgan fingerprint density at radius 1 is 1.29 bits per heavy atom. The fraction of sp³-hybridized carbons (Fsp3) is 0.900. The Kier molecular flexibility index (Phi) is 6.49. The molecule has 0 spiro atoms. The van der Waals surface area contributed by atoms with E-state index in [1.54, 1.807) is 19.0 Å². The van der Waals surface area contributed by atoms with Crippen molar-refractivity contribution >= 4 is 5.91 Å². The maximum atomic E-state index is 11.3. The normalized spacial score (nSPS) is 13.0. The predicted molar refractivity (Wildman–Crippen MR) is 59.1 cm³/mol. The Balaban J connectivity index is 3.53. The van der Waals surface area contributed by atoms with Crippen LogP contribution >= 0.6 is 0 Å². The van der Waals surface area contributed by atoms with E-state index in [4.69, 9.17) is 5.73 Å². The molecule has 0 aromatic carbocycles. The zero-order valence-corrected chi connectivity index (χ0v) is 9.79. The van der Waals surface area contributed by atoms with E-state index < -0.39 is 0 Å². The monoisotopic (exact) mass is 201 g/mol. The van der Waals surface area contributed by atoms with Crippen molar-refractivity contribution < 1.29 is 4.79 Å². The number of hydrogen-bond acceptors (Lipinski definition) is 3. The van der Waals surface area contributed by atoms with Crippen LogP contribution in [0.15, 0.2) is 0 Å². The average molecular weight is 201 g/mol. The van der Waals surface area contributed by atoms with Gasteiger partial charge in [-0.15, -0.1) is 0 Å². The first kappa shape index (κ1) is 13.4. The van der Waals surface area contributed by atoms with E-state index in [2.05, 4.69) is 4.90 Å². The summed E-state index contributed by atoms with van der Waals surface area (Å²) in [6.45, 7) is 3.76. The smallest absolute Gasteiger partial charge is 0.223 e. The molecular weight excluding hydrogens is 178 g/mol. The lowest BCUT2D eigenvalue weighted by molar-refractivity contribution is -0.128. The number of rotatable bonds is 6. The van der Waals surface area contributed by atoms with E-state index in [9.17, 15) is 4.79 Å². The standard InChI is InChI=1S/C10H23N3O/c1-9(11)5-7-13(4)8-6-10(14)12(2)3/h9H,5-8,11H2,1-4H3. The highest BCUT2D eigenvalue weighted by atomic mass is 16.2. The van der Waals surface area contributed by atoms with Gasteiger partial charge in [0, 0.05) is 33.1 Å². The third-order valence-corrected chi connectivity index (χ3v) is 2.17. The molecule has 0 radical (unpaired) electrons. The van der Waals surface area contributed by atoms with Crippen molar-refractivity contribution in [2.75, 3.05) is 34.2 Å². The molecule has 1 atom stereocenters. The molecule has 4 heteroatoms. The highest BCUT2D eigenvalue weighted by Crippen LogP contribution is 1.94. The van der Waals surface area contributed by atoms with Crippen LogP contribution < -0.4 is 5.73 Å². The Labute approximate surface area is 87.0 Å². The van der Waals surface area contributed by atoms with Crippen molar-refractivity contribution in [2.24, 2.45) is 5.73 Å². The summed E-state index contributed by atoms with van der Waals surface area (Å²) in [5, 5.41) is 0. The molecule has 14 heavy (non-hydrogen) atoms. The molecule has 0 aliphatic carbocycles. The van der Waals surface area contributed by atoms with Crippen LogP contribution in [0.2, 0.25) is 0 Å². The second-order valence-electron chi connectivity index (χ2n) is 4.11. The van der Waals surface area contributed by atoms with Crippen LogP contribution in [-0.4, -0.2) is 56.0 Å². The SMILES string of the molecule is CC(N)CCN(C)CCC(=O)N(C)C. The largest absolute Gasteiger partial charge is 0.349 e. The van der Waals surface area contributed by atoms with Crippen molar-refractivity contribution in [1.82, 2.24) is 9.80 Å². The molecule has 4 nitrogen and oxygen atoms in total. The topological polar surface area (TPSA) is 49.6 Å². The van der Waals surface area contributed by atoms with Crippen LogP contribution in [0.3, 0.4) is 0 Å². The number of carbonyl (C=O) groups excluding carboxylic acids is 1. The van der Waals surface area contributed by atoms with E-state index in [0.29, 0.717) is 6.42 Å². The van der Waals surface area contributed by atoms with Gasteiger partial charge >= 0.3 is 0 Å². The lowest BCUT2D eigenvalue weighted by Gasteiger charge is -2.18. The van der Waals surface area contributed by atoms with Crippen molar-refractivity contribution in [3.8, 4) is 0 Å². The van der Waals surface area contributed by atoms with Gasteiger partial charge in [-0.25, -0.2) is 0 Å². The second kappa shape index (κ2) is 6.79. The number of amides is 1. The molecule has 0 aromatic heterocycles. The lowest BCUT2D eigenvalue weighted by Crippen LogP contribution is -2.30. The van der Waals surface area contributed by atoms with Gasteiger partial charge in [0.1, 0.15) is 0 Å². The van der Waals surface area contributed by atoms with Crippen LogP contribution in [0.25, 0.3) is 0 Å². The van der Waals surface area contributed by atoms with Gasteiger partial charge in [-0.3, -0.25) is 4.79 Å². The van der Waals surface area contributed by atoms with Gasteiger partial charge in [0.05, 0.1) is 0 Å². The highest BCUT2D eigenvalue weighted by molar-refractivity contribution is 5.75. The molecule has 1 unspecified atom stereocenters. The van der Waals surface area contributed by atoms with Gasteiger partial charge in [-0.05, 0) is 26.9 Å². The summed E-state index contributed by atoms with van der Waals surface area (Å²) in [5.41, 5.74) is 5.64. The maximum Gasteiger partial charge on any atom is 0.223 e. The van der Waals surface area contributed by atoms with Crippen LogP contribution in [-0.2, 0) is 4.79 Å². The van der Waals surface area contributed by atoms with Gasteiger partial charge in [0.2, 0.25) is 5.91 Å². The number of carbonyl (C=O) groups is 1. The van der Waals surface area contributed by atoms with E-state index in [1.165, 1.54) is 0 Å². The lowest BCUT2D eigenvalue weighted by atomic mass is 10.2. The second-order valence-corrected chi connectivity index (χ2v) is 4.11. The first-order valence-electron chi connectivity index (χ1n) is 5.07. The summed E-state index contributed by atoms with van der Waals surface area (Å²) in [7, 11) is 5.58. The molecule has 0 aromatic rings. The summed E-state index contributed by atoms with van der Waals surface area (Å²) < 4.78 is 0. The van der Waals surface area contributed by atoms with E-state index >= 15 is 0 Å². The van der Waals surface area contributed by atoms with Crippen LogP contribution in [0.1, 0.15) is 19.8 Å². The highest BCUT2D eigenvalue weighted by Gasteiger charge is 2.06. The van der Waals surface area contributed by atoms with Crippen LogP contribution in [0, 0.1) is 0 Å². The molecule has 84 valence electrons. The minimum Gasteiger partial charge on any atom is -0.349 e. The third-order valence-electron chi connectivity index (χ3n) is 2.17. The molecule has 0 heterocycles. The van der Waals surface area contributed by atoms with Crippen LogP contribution in [0.4, 0.5) is 0 Å². The Hall–Kier alpha value is -0.610. The van der Waals surface area contributed by atoms with Crippen molar-refractivity contribution in [3.05, 3.63) is 0 Å². The van der Waals surface area contributed by atoms with E-state index in [0.717, 1.165) is 19.5 Å². The van der Waals surface area contributed by atoms with Gasteiger partial charge in [0.25, 0.3) is 0 Å². The molecule has 0 rings (SSSR count). The first-order valence-corrected chi connectivity index (χ1v) is 5.07. The number of nitrogens with zero attached hydrogens (tertiary/aromatic N) is 2. The maximum absolute atomic E-state index is 11.3. The Morgan fingerprint density at radius 2 is 1.86 bits per heavy atom. The van der Waals surface area contributed by atoms with Crippen molar-refractivity contribution in [3.63, 3.8) is 0 Å². The summed E-state index contributed by atoms with van der Waals surface area (Å²) in [6.07, 6.45) is 1.56. The summed E-state index contributed by atoms with van der Waals surface area (Å²) in [4.78, 5) is 15.0. The molecule has 0 fully saturated rings. The molecule has 0 bridgehead atoms. The molecule has 0 saturated heterocycles. The molecule has 1 amide bonds. The summed E-state index contributed by atoms with van der Waals surface area (Å²) >= 11 is 0. The molecular formula is C10H23N3O. The minimum absolute atomic E-state index is 0.178. The van der Waals surface area contributed by atoms with Crippen LogP contribution in [0.5, 0.6) is 0 Å². The average Bonchev–Trinajstić information content (AvgIpc) is 2.10. The predicted octanol–water partition coefficient (Wildman–Crippen LogP) is 0.134. The molecule has 0 aliphatic heterocycles. The van der Waals surface area contributed by atoms with Gasteiger partial charge in [-0.2, -0.15) is 0 Å². The summed E-state index contributed by atoms with van der Waals surface area (Å²) in [6, 6.07) is 0.238. The van der Waals surface area contributed by atoms with Gasteiger partial charge in [0.15, 0.2) is 0 Å².